The Morgan fingerprint density at radius 1 is 1.25 bits per heavy atom. The van der Waals surface area contributed by atoms with E-state index in [1.807, 2.05) is 13.0 Å². The van der Waals surface area contributed by atoms with E-state index in [4.69, 9.17) is 4.42 Å². The van der Waals surface area contributed by atoms with Gasteiger partial charge < -0.3 is 0 Å². The van der Waals surface area contributed by atoms with Gasteiger partial charge in [-0.1, -0.05) is 22.5 Å². The first kappa shape index (κ1) is 7.95. The molecule has 0 radical (unpaired) electrons. The van der Waals surface area contributed by atoms with Gasteiger partial charge in [-0.15, -0.1) is 0 Å². The van der Waals surface area contributed by atoms with Gasteiger partial charge in [0.05, 0.1) is 4.70 Å². The fourth-order valence-corrected chi connectivity index (χ4v) is 3.46. The Balaban J connectivity index is 2.79. The van der Waals surface area contributed by atoms with Gasteiger partial charge in [0.15, 0.2) is 0 Å². The third-order valence-corrected chi connectivity index (χ3v) is 3.94. The summed E-state index contributed by atoms with van der Waals surface area (Å²) in [4.78, 5) is 0. The van der Waals surface area contributed by atoms with Crippen molar-refractivity contribution in [2.75, 3.05) is 6.61 Å². The van der Waals surface area contributed by atoms with Crippen molar-refractivity contribution in [3.63, 3.8) is 0 Å². The highest BCUT2D eigenvalue weighted by molar-refractivity contribution is 7.71. The predicted molar refractivity (Wildman–Crippen MR) is 56.5 cm³/mol. The predicted octanol–water partition coefficient (Wildman–Crippen LogP) is 2.88. The fourth-order valence-electron chi connectivity index (χ4n) is 1.07. The molecule has 0 N–H and O–H groups in total. The lowest BCUT2D eigenvalue weighted by Gasteiger charge is -1.79. The number of benzene rings is 1. The summed E-state index contributed by atoms with van der Waals surface area (Å²) in [5, 5.41) is 1.24. The lowest BCUT2D eigenvalue weighted by atomic mass is 10.3. The molecule has 0 fully saturated rings. The Labute approximate surface area is 78.0 Å². The van der Waals surface area contributed by atoms with Crippen molar-refractivity contribution in [3.05, 3.63) is 33.4 Å². The van der Waals surface area contributed by atoms with Crippen molar-refractivity contribution < 1.29 is 0 Å². The van der Waals surface area contributed by atoms with Crippen molar-refractivity contribution in [2.24, 2.45) is 0 Å². The second kappa shape index (κ2) is 3.37. The number of hydrogen-bond acceptors (Lipinski definition) is 2. The molecule has 0 saturated carbocycles. The van der Waals surface area contributed by atoms with Crippen LogP contribution in [0.15, 0.2) is 28.7 Å². The van der Waals surface area contributed by atoms with Gasteiger partial charge in [-0.25, -0.2) is 4.42 Å². The Morgan fingerprint density at radius 2 is 2.08 bits per heavy atom. The van der Waals surface area contributed by atoms with E-state index in [2.05, 4.69) is 18.2 Å². The van der Waals surface area contributed by atoms with Crippen LogP contribution in [0.25, 0.3) is 10.1 Å². The molecule has 1 heterocycles. The molecular formula is C9H9OS2+. The Kier molecular flexibility index (Phi) is 2.23. The molecule has 62 valence electrons. The van der Waals surface area contributed by atoms with Crippen molar-refractivity contribution in [3.8, 4) is 0 Å². The van der Waals surface area contributed by atoms with E-state index in [9.17, 15) is 0 Å². The molecule has 2 rings (SSSR count). The second-order valence-corrected chi connectivity index (χ2v) is 4.53. The maximum Gasteiger partial charge on any atom is 0.419 e. The van der Waals surface area contributed by atoms with Crippen molar-refractivity contribution >= 4 is 30.8 Å². The second-order valence-electron chi connectivity index (χ2n) is 2.38. The molecule has 0 aliphatic heterocycles. The van der Waals surface area contributed by atoms with Crippen LogP contribution in [0.5, 0.6) is 0 Å². The van der Waals surface area contributed by atoms with Crippen LogP contribution in [-0.4, -0.2) is 6.61 Å². The third-order valence-electron chi connectivity index (χ3n) is 1.59. The number of hydrogen-bond donors (Lipinski definition) is 0. The van der Waals surface area contributed by atoms with Crippen LogP contribution in [0, 0.1) is 0 Å². The topological polar surface area (TPSA) is 11.3 Å². The van der Waals surface area contributed by atoms with E-state index in [0.29, 0.717) is 0 Å². The van der Waals surface area contributed by atoms with E-state index >= 15 is 0 Å². The SMILES string of the molecule is CC[O+]=c1ssc2ccccc12. The van der Waals surface area contributed by atoms with Gasteiger partial charge in [0, 0.05) is 17.3 Å². The van der Waals surface area contributed by atoms with Crippen LogP contribution in [0.2, 0.25) is 0 Å². The highest BCUT2D eigenvalue weighted by Crippen LogP contribution is 2.19. The summed E-state index contributed by atoms with van der Waals surface area (Å²) in [5.41, 5.74) is 0. The van der Waals surface area contributed by atoms with Crippen LogP contribution in [0.3, 0.4) is 0 Å². The fraction of sp³-hybridized carbons (Fsp3) is 0.222. The van der Waals surface area contributed by atoms with E-state index in [0.717, 1.165) is 11.3 Å². The third kappa shape index (κ3) is 1.30. The first-order valence-electron chi connectivity index (χ1n) is 3.85. The molecule has 12 heavy (non-hydrogen) atoms. The van der Waals surface area contributed by atoms with Crippen LogP contribution in [0.4, 0.5) is 0 Å². The summed E-state index contributed by atoms with van der Waals surface area (Å²) in [6, 6.07) is 8.33. The van der Waals surface area contributed by atoms with Gasteiger partial charge in [0.1, 0.15) is 5.39 Å². The van der Waals surface area contributed by atoms with Gasteiger partial charge in [0.2, 0.25) is 0 Å². The molecule has 0 aliphatic carbocycles. The molecule has 0 atom stereocenters. The van der Waals surface area contributed by atoms with Crippen LogP contribution < -0.4 is 4.74 Å². The lowest BCUT2D eigenvalue weighted by Crippen LogP contribution is -1.93. The highest BCUT2D eigenvalue weighted by atomic mass is 32.9. The molecule has 3 heteroatoms. The van der Waals surface area contributed by atoms with Gasteiger partial charge in [-0.05, 0) is 12.1 Å². The van der Waals surface area contributed by atoms with Gasteiger partial charge >= 0.3 is 4.74 Å². The van der Waals surface area contributed by atoms with Crippen LogP contribution in [0.1, 0.15) is 6.92 Å². The molecule has 1 nitrogen and oxygen atoms in total. The molecule has 0 saturated heterocycles. The summed E-state index contributed by atoms with van der Waals surface area (Å²) in [6.45, 7) is 2.76. The molecule has 0 aliphatic rings. The number of fused-ring (bicyclic) bond motifs is 1. The molecule has 0 bridgehead atoms. The summed E-state index contributed by atoms with van der Waals surface area (Å²) in [6.07, 6.45) is 0. The standard InChI is InChI=1S/C9H9OS2/c1-2-10-9-7-5-3-4-6-8(7)11-12-9/h3-6H,2H2,1H3/q+1. The molecule has 0 unspecified atom stereocenters. The van der Waals surface area contributed by atoms with E-state index in [1.54, 1.807) is 20.7 Å². The van der Waals surface area contributed by atoms with Crippen LogP contribution in [-0.2, 0) is 0 Å². The zero-order chi connectivity index (χ0) is 8.39. The maximum absolute atomic E-state index is 5.49. The normalized spacial score (nSPS) is 12.6. The minimum Gasteiger partial charge on any atom is -0.243 e. The van der Waals surface area contributed by atoms with Crippen molar-refractivity contribution in [2.45, 2.75) is 6.92 Å². The molecule has 1 aromatic carbocycles. The van der Waals surface area contributed by atoms with Crippen molar-refractivity contribution in [1.29, 1.82) is 0 Å². The molecule has 0 spiro atoms. The summed E-state index contributed by atoms with van der Waals surface area (Å²) in [7, 11) is 3.48. The Morgan fingerprint density at radius 3 is 2.92 bits per heavy atom. The summed E-state index contributed by atoms with van der Waals surface area (Å²) in [5.74, 6) is 0. The molecule has 2 aromatic rings. The minimum atomic E-state index is 0.747. The molecule has 1 aromatic heterocycles. The molecule has 0 amide bonds. The Bertz CT molecular complexity index is 439. The van der Waals surface area contributed by atoms with E-state index in [-0.39, 0.29) is 0 Å². The van der Waals surface area contributed by atoms with Gasteiger partial charge in [0.25, 0.3) is 6.61 Å². The van der Waals surface area contributed by atoms with Crippen molar-refractivity contribution in [1.82, 2.24) is 0 Å². The quantitative estimate of drug-likeness (QED) is 0.492. The average molecular weight is 197 g/mol. The maximum atomic E-state index is 5.49. The summed E-state index contributed by atoms with van der Waals surface area (Å²) >= 11 is 0. The number of rotatable bonds is 1. The van der Waals surface area contributed by atoms with E-state index < -0.39 is 0 Å². The zero-order valence-corrected chi connectivity index (χ0v) is 8.37. The molecular weight excluding hydrogens is 188 g/mol. The largest absolute Gasteiger partial charge is 0.419 e. The van der Waals surface area contributed by atoms with Gasteiger partial charge in [-0.2, -0.15) is 0 Å². The lowest BCUT2D eigenvalue weighted by molar-refractivity contribution is 1.28. The zero-order valence-electron chi connectivity index (χ0n) is 6.74. The van der Waals surface area contributed by atoms with E-state index in [1.165, 1.54) is 10.1 Å². The summed E-state index contributed by atoms with van der Waals surface area (Å²) < 4.78 is 7.85. The monoisotopic (exact) mass is 197 g/mol. The van der Waals surface area contributed by atoms with Crippen LogP contribution >= 0.6 is 20.7 Å². The highest BCUT2D eigenvalue weighted by Gasteiger charge is 2.05. The minimum absolute atomic E-state index is 0.747. The first-order chi connectivity index (χ1) is 5.92. The Hall–Kier alpha value is -0.670. The first-order valence-corrected chi connectivity index (χ1v) is 6.00. The smallest absolute Gasteiger partial charge is 0.243 e. The average Bonchev–Trinajstić information content (AvgIpc) is 2.50. The van der Waals surface area contributed by atoms with Gasteiger partial charge in [-0.3, -0.25) is 0 Å².